The first-order chi connectivity index (χ1) is 11.4. The fourth-order valence-corrected chi connectivity index (χ4v) is 2.82. The highest BCUT2D eigenvalue weighted by Crippen LogP contribution is 2.41. The van der Waals surface area contributed by atoms with Crippen LogP contribution in [0.3, 0.4) is 0 Å². The van der Waals surface area contributed by atoms with Gasteiger partial charge in [0.25, 0.3) is 5.92 Å². The summed E-state index contributed by atoms with van der Waals surface area (Å²) in [6.07, 6.45) is 0.525. The minimum Gasteiger partial charge on any atom is -0.444 e. The van der Waals surface area contributed by atoms with E-state index in [0.717, 1.165) is 4.90 Å². The first-order valence-corrected chi connectivity index (χ1v) is 8.11. The predicted octanol–water partition coefficient (Wildman–Crippen LogP) is 3.35. The van der Waals surface area contributed by atoms with Gasteiger partial charge in [0.15, 0.2) is 5.78 Å². The SMILES string of the molecule is CC(=O)c1nc(C)ncc1C1CCN(C(=O)OC(C)(C)C)CC1(F)F. The van der Waals surface area contributed by atoms with Gasteiger partial charge in [-0.25, -0.2) is 23.5 Å². The van der Waals surface area contributed by atoms with E-state index in [2.05, 4.69) is 9.97 Å². The van der Waals surface area contributed by atoms with E-state index >= 15 is 0 Å². The van der Waals surface area contributed by atoms with Gasteiger partial charge in [0, 0.05) is 25.2 Å². The molecule has 1 unspecified atom stereocenters. The summed E-state index contributed by atoms with van der Waals surface area (Å²) in [5.41, 5.74) is -0.606. The van der Waals surface area contributed by atoms with Crippen LogP contribution in [0.5, 0.6) is 0 Å². The van der Waals surface area contributed by atoms with E-state index in [1.54, 1.807) is 27.7 Å². The molecule has 1 aliphatic rings. The Labute approximate surface area is 145 Å². The number of halogens is 2. The molecular formula is C17H23F2N3O3. The Bertz CT molecular complexity index is 686. The molecule has 1 amide bonds. The third kappa shape index (κ3) is 4.49. The molecule has 0 bridgehead atoms. The van der Waals surface area contributed by atoms with E-state index in [1.165, 1.54) is 13.1 Å². The third-order valence-corrected chi connectivity index (χ3v) is 3.90. The highest BCUT2D eigenvalue weighted by molar-refractivity contribution is 5.93. The van der Waals surface area contributed by atoms with Gasteiger partial charge in [-0.15, -0.1) is 0 Å². The number of alkyl halides is 2. The molecule has 25 heavy (non-hydrogen) atoms. The Balaban J connectivity index is 2.25. The predicted molar refractivity (Wildman–Crippen MR) is 86.9 cm³/mol. The molecule has 1 atom stereocenters. The van der Waals surface area contributed by atoms with Crippen LogP contribution in [-0.4, -0.2) is 51.4 Å². The Morgan fingerprint density at radius 2 is 2.00 bits per heavy atom. The Morgan fingerprint density at radius 3 is 2.52 bits per heavy atom. The lowest BCUT2D eigenvalue weighted by molar-refractivity contribution is -0.0851. The zero-order valence-electron chi connectivity index (χ0n) is 15.1. The van der Waals surface area contributed by atoms with Crippen LogP contribution >= 0.6 is 0 Å². The van der Waals surface area contributed by atoms with Crippen LogP contribution in [0.2, 0.25) is 0 Å². The molecule has 2 rings (SSSR count). The lowest BCUT2D eigenvalue weighted by Gasteiger charge is -2.39. The Morgan fingerprint density at radius 1 is 1.36 bits per heavy atom. The van der Waals surface area contributed by atoms with Crippen molar-refractivity contribution in [2.75, 3.05) is 13.1 Å². The number of amides is 1. The first kappa shape index (κ1) is 19.2. The highest BCUT2D eigenvalue weighted by atomic mass is 19.3. The standard InChI is InChI=1S/C17H23F2N3O3/c1-10(23)14-12(8-20-11(2)21-14)13-6-7-22(9-17(13,18)19)15(24)25-16(3,4)5/h8,13H,6-7,9H2,1-5H3. The van der Waals surface area contributed by atoms with E-state index < -0.39 is 30.1 Å². The number of ketones is 1. The second-order valence-corrected chi connectivity index (χ2v) is 7.28. The molecule has 0 aromatic carbocycles. The largest absolute Gasteiger partial charge is 0.444 e. The number of likely N-dealkylation sites (tertiary alicyclic amines) is 1. The molecule has 1 aliphatic heterocycles. The smallest absolute Gasteiger partial charge is 0.410 e. The summed E-state index contributed by atoms with van der Waals surface area (Å²) in [4.78, 5) is 32.8. The molecule has 0 N–H and O–H groups in total. The minimum atomic E-state index is -3.21. The number of carbonyl (C=O) groups excluding carboxylic acids is 2. The van der Waals surface area contributed by atoms with Crippen molar-refractivity contribution in [3.8, 4) is 0 Å². The average molecular weight is 355 g/mol. The highest BCUT2D eigenvalue weighted by Gasteiger charge is 2.48. The number of piperidine rings is 1. The monoisotopic (exact) mass is 355 g/mol. The van der Waals surface area contributed by atoms with E-state index in [-0.39, 0.29) is 30.0 Å². The summed E-state index contributed by atoms with van der Waals surface area (Å²) in [6.45, 7) is 7.27. The fraction of sp³-hybridized carbons (Fsp3) is 0.647. The molecule has 1 fully saturated rings. The number of carbonyl (C=O) groups is 2. The minimum absolute atomic E-state index is 0.00105. The van der Waals surface area contributed by atoms with Crippen LogP contribution in [0.15, 0.2) is 6.20 Å². The topological polar surface area (TPSA) is 72.4 Å². The van der Waals surface area contributed by atoms with E-state index in [1.807, 2.05) is 0 Å². The lowest BCUT2D eigenvalue weighted by Crippen LogP contribution is -2.51. The van der Waals surface area contributed by atoms with Gasteiger partial charge in [-0.1, -0.05) is 0 Å². The van der Waals surface area contributed by atoms with Crippen molar-refractivity contribution in [3.05, 3.63) is 23.3 Å². The van der Waals surface area contributed by atoms with Crippen molar-refractivity contribution >= 4 is 11.9 Å². The molecule has 1 aromatic heterocycles. The molecule has 0 aliphatic carbocycles. The number of rotatable bonds is 2. The number of hydrogen-bond acceptors (Lipinski definition) is 5. The molecule has 138 valence electrons. The number of nitrogens with zero attached hydrogens (tertiary/aromatic N) is 3. The van der Waals surface area contributed by atoms with Gasteiger partial charge in [-0.05, 0) is 34.1 Å². The third-order valence-electron chi connectivity index (χ3n) is 3.90. The van der Waals surface area contributed by atoms with Crippen LogP contribution in [0.1, 0.15) is 61.9 Å². The maximum Gasteiger partial charge on any atom is 0.410 e. The van der Waals surface area contributed by atoms with Crippen molar-refractivity contribution in [3.63, 3.8) is 0 Å². The molecule has 0 saturated carbocycles. The normalized spacial score (nSPS) is 20.3. The van der Waals surface area contributed by atoms with Crippen molar-refractivity contribution in [1.82, 2.24) is 14.9 Å². The van der Waals surface area contributed by atoms with Crippen molar-refractivity contribution in [2.24, 2.45) is 0 Å². The van der Waals surface area contributed by atoms with Crippen molar-refractivity contribution in [2.45, 2.75) is 58.5 Å². The summed E-state index contributed by atoms with van der Waals surface area (Å²) in [5.74, 6) is -4.46. The summed E-state index contributed by atoms with van der Waals surface area (Å²) >= 11 is 0. The second kappa shape index (κ2) is 6.65. The lowest BCUT2D eigenvalue weighted by atomic mass is 9.85. The molecule has 8 heteroatoms. The van der Waals surface area contributed by atoms with Crippen LogP contribution in [-0.2, 0) is 4.74 Å². The van der Waals surface area contributed by atoms with Crippen molar-refractivity contribution in [1.29, 1.82) is 0 Å². The van der Waals surface area contributed by atoms with Crippen LogP contribution in [0.4, 0.5) is 13.6 Å². The Hall–Kier alpha value is -2.12. The maximum atomic E-state index is 14.7. The Kier molecular flexibility index (Phi) is 5.11. The molecule has 0 radical (unpaired) electrons. The fourth-order valence-electron chi connectivity index (χ4n) is 2.82. The summed E-state index contributed by atoms with van der Waals surface area (Å²) in [6, 6.07) is 0. The van der Waals surface area contributed by atoms with Gasteiger partial charge in [0.1, 0.15) is 17.1 Å². The zero-order chi connectivity index (χ0) is 19.0. The number of aryl methyl sites for hydroxylation is 1. The zero-order valence-corrected chi connectivity index (χ0v) is 15.1. The number of hydrogen-bond donors (Lipinski definition) is 0. The van der Waals surface area contributed by atoms with E-state index in [9.17, 15) is 18.4 Å². The van der Waals surface area contributed by atoms with E-state index in [4.69, 9.17) is 4.74 Å². The maximum absolute atomic E-state index is 14.7. The number of aromatic nitrogens is 2. The van der Waals surface area contributed by atoms with Gasteiger partial charge >= 0.3 is 6.09 Å². The molecule has 1 saturated heterocycles. The average Bonchev–Trinajstić information content (AvgIpc) is 2.44. The molecule has 0 spiro atoms. The van der Waals surface area contributed by atoms with Crippen LogP contribution < -0.4 is 0 Å². The molecule has 6 nitrogen and oxygen atoms in total. The molecular weight excluding hydrogens is 332 g/mol. The number of Topliss-reactive ketones (excluding diaryl/α,β-unsaturated/α-hetero) is 1. The van der Waals surface area contributed by atoms with Crippen LogP contribution in [0, 0.1) is 6.92 Å². The summed E-state index contributed by atoms with van der Waals surface area (Å²) in [5, 5.41) is 0. The first-order valence-electron chi connectivity index (χ1n) is 8.11. The van der Waals surface area contributed by atoms with Crippen molar-refractivity contribution < 1.29 is 23.1 Å². The van der Waals surface area contributed by atoms with E-state index in [0.29, 0.717) is 5.82 Å². The molecule has 1 aromatic rings. The number of ether oxygens (including phenoxy) is 1. The quantitative estimate of drug-likeness (QED) is 0.761. The summed E-state index contributed by atoms with van der Waals surface area (Å²) in [7, 11) is 0. The second-order valence-electron chi connectivity index (χ2n) is 7.28. The van der Waals surface area contributed by atoms with Gasteiger partial charge in [0.2, 0.25) is 0 Å². The van der Waals surface area contributed by atoms with Crippen LogP contribution in [0.25, 0.3) is 0 Å². The van der Waals surface area contributed by atoms with Gasteiger partial charge < -0.3 is 9.64 Å². The van der Waals surface area contributed by atoms with Gasteiger partial charge in [-0.3, -0.25) is 4.79 Å². The summed E-state index contributed by atoms with van der Waals surface area (Å²) < 4.78 is 34.6. The molecule has 2 heterocycles. The van der Waals surface area contributed by atoms with Gasteiger partial charge in [-0.2, -0.15) is 0 Å². The van der Waals surface area contributed by atoms with Gasteiger partial charge in [0.05, 0.1) is 12.5 Å².